The van der Waals surface area contributed by atoms with E-state index in [1.54, 1.807) is 0 Å². The van der Waals surface area contributed by atoms with Gasteiger partial charge in [0.15, 0.2) is 0 Å². The molecule has 1 heterocycles. The van der Waals surface area contributed by atoms with Gasteiger partial charge in [0.1, 0.15) is 0 Å². The van der Waals surface area contributed by atoms with Crippen LogP contribution in [0.3, 0.4) is 0 Å². The topological polar surface area (TPSA) is 14.1 Å². The van der Waals surface area contributed by atoms with Crippen LogP contribution in [0.5, 0.6) is 0 Å². The summed E-state index contributed by atoms with van der Waals surface area (Å²) in [6, 6.07) is 0. The van der Waals surface area contributed by atoms with Crippen molar-refractivity contribution in [1.29, 1.82) is 0 Å². The normalized spacial score (nSPS) is 17.4. The maximum atomic E-state index is 4.16. The van der Waals surface area contributed by atoms with E-state index >= 15 is 0 Å². The van der Waals surface area contributed by atoms with Crippen LogP contribution >= 0.6 is 11.8 Å². The van der Waals surface area contributed by atoms with E-state index in [4.69, 9.17) is 0 Å². The van der Waals surface area contributed by atoms with Crippen LogP contribution in [0.4, 0.5) is 0 Å². The standard InChI is InChI=1S/C12H20NS/c1-3-4-5-6-7-11(2)12-10-13-8-9-14-12/h8-11H,3-7H2,1-2H3. The van der Waals surface area contributed by atoms with Crippen LogP contribution in [0.25, 0.3) is 0 Å². The lowest BCUT2D eigenvalue weighted by molar-refractivity contribution is 0.555. The molecule has 1 aliphatic rings. The molecule has 14 heavy (non-hydrogen) atoms. The van der Waals surface area contributed by atoms with Crippen LogP contribution in [0.15, 0.2) is 22.7 Å². The Balaban J connectivity index is 2.14. The highest BCUT2D eigenvalue weighted by Gasteiger charge is 2.09. The summed E-state index contributed by atoms with van der Waals surface area (Å²) in [7, 11) is 0. The van der Waals surface area contributed by atoms with Crippen LogP contribution in [-0.2, 0) is 0 Å². The Kier molecular flexibility index (Phi) is 5.85. The van der Waals surface area contributed by atoms with Gasteiger partial charge in [-0.1, -0.05) is 51.3 Å². The molecule has 1 nitrogen and oxygen atoms in total. The predicted molar refractivity (Wildman–Crippen MR) is 64.9 cm³/mol. The number of nitrogens with zero attached hydrogens (tertiary/aromatic N) is 1. The summed E-state index contributed by atoms with van der Waals surface area (Å²) in [6.07, 6.45) is 10.6. The summed E-state index contributed by atoms with van der Waals surface area (Å²) in [4.78, 5) is 1.42. The molecule has 0 fully saturated rings. The average Bonchev–Trinajstić information content (AvgIpc) is 2.25. The van der Waals surface area contributed by atoms with Gasteiger partial charge in [-0.05, 0) is 17.7 Å². The number of hydrogen-bond acceptors (Lipinski definition) is 1. The highest BCUT2D eigenvalue weighted by Crippen LogP contribution is 2.30. The van der Waals surface area contributed by atoms with E-state index in [1.807, 2.05) is 24.2 Å². The lowest BCUT2D eigenvalue weighted by atomic mass is 10.0. The monoisotopic (exact) mass is 210 g/mol. The van der Waals surface area contributed by atoms with Gasteiger partial charge < -0.3 is 0 Å². The van der Waals surface area contributed by atoms with Crippen molar-refractivity contribution in [2.24, 2.45) is 5.92 Å². The fourth-order valence-electron chi connectivity index (χ4n) is 1.55. The van der Waals surface area contributed by atoms with Crippen LogP contribution < -0.4 is 5.32 Å². The minimum atomic E-state index is 0.686. The minimum Gasteiger partial charge on any atom is -0.263 e. The van der Waals surface area contributed by atoms with Crippen LogP contribution in [0, 0.1) is 5.92 Å². The first-order valence-electron chi connectivity index (χ1n) is 5.56. The first-order valence-corrected chi connectivity index (χ1v) is 6.44. The number of hydrogen-bond donors (Lipinski definition) is 0. The molecule has 0 aromatic carbocycles. The van der Waals surface area contributed by atoms with Gasteiger partial charge in [0.05, 0.1) is 0 Å². The Morgan fingerprint density at radius 2 is 2.21 bits per heavy atom. The maximum Gasteiger partial charge on any atom is 0.0369 e. The third kappa shape index (κ3) is 4.23. The van der Waals surface area contributed by atoms with Crippen molar-refractivity contribution in [3.63, 3.8) is 0 Å². The molecule has 0 N–H and O–H groups in total. The number of allylic oxidation sites excluding steroid dienone is 1. The summed E-state index contributed by atoms with van der Waals surface area (Å²) < 4.78 is 0. The molecule has 0 amide bonds. The molecular formula is C12H20NS. The van der Waals surface area contributed by atoms with E-state index in [2.05, 4.69) is 24.6 Å². The predicted octanol–water partition coefficient (Wildman–Crippen LogP) is 4.26. The maximum absolute atomic E-state index is 4.16. The number of thioether (sulfide) groups is 1. The number of rotatable bonds is 6. The Labute approximate surface area is 92.0 Å². The molecule has 2 heteroatoms. The van der Waals surface area contributed by atoms with Gasteiger partial charge >= 0.3 is 0 Å². The molecule has 0 saturated carbocycles. The molecular weight excluding hydrogens is 190 g/mol. The van der Waals surface area contributed by atoms with Gasteiger partial charge in [-0.3, -0.25) is 5.32 Å². The molecule has 1 rings (SSSR count). The molecule has 0 saturated heterocycles. The molecule has 1 atom stereocenters. The Morgan fingerprint density at radius 1 is 1.36 bits per heavy atom. The van der Waals surface area contributed by atoms with Crippen molar-refractivity contribution in [2.45, 2.75) is 46.0 Å². The quantitative estimate of drug-likeness (QED) is 0.598. The Bertz CT molecular complexity index is 208. The minimum absolute atomic E-state index is 0.686. The largest absolute Gasteiger partial charge is 0.263 e. The second-order valence-corrected chi connectivity index (χ2v) is 4.81. The third-order valence-corrected chi connectivity index (χ3v) is 3.57. The van der Waals surface area contributed by atoms with Crippen molar-refractivity contribution in [2.75, 3.05) is 0 Å². The van der Waals surface area contributed by atoms with E-state index in [9.17, 15) is 0 Å². The third-order valence-electron chi connectivity index (χ3n) is 2.53. The van der Waals surface area contributed by atoms with Crippen LogP contribution in [0.2, 0.25) is 0 Å². The van der Waals surface area contributed by atoms with Crippen LogP contribution in [-0.4, -0.2) is 0 Å². The molecule has 0 aliphatic carbocycles. The van der Waals surface area contributed by atoms with Gasteiger partial charge in [-0.15, -0.1) is 0 Å². The summed E-state index contributed by atoms with van der Waals surface area (Å²) in [5, 5.41) is 6.23. The molecule has 1 aliphatic heterocycles. The van der Waals surface area contributed by atoms with E-state index in [0.717, 1.165) is 0 Å². The second kappa shape index (κ2) is 6.99. The molecule has 0 spiro atoms. The van der Waals surface area contributed by atoms with Gasteiger partial charge in [0, 0.05) is 17.3 Å². The molecule has 1 radical (unpaired) electrons. The van der Waals surface area contributed by atoms with Gasteiger partial charge in [-0.25, -0.2) is 0 Å². The van der Waals surface area contributed by atoms with Crippen molar-refractivity contribution in [1.82, 2.24) is 5.32 Å². The Hall–Kier alpha value is -0.370. The SMILES string of the molecule is CCCCCCC(C)C1=C[N]C=CS1. The van der Waals surface area contributed by atoms with Crippen molar-refractivity contribution in [3.8, 4) is 0 Å². The second-order valence-electron chi connectivity index (χ2n) is 3.83. The lowest BCUT2D eigenvalue weighted by Gasteiger charge is -2.15. The summed E-state index contributed by atoms with van der Waals surface area (Å²) in [5.74, 6) is 0.686. The van der Waals surface area contributed by atoms with E-state index in [0.29, 0.717) is 5.92 Å². The van der Waals surface area contributed by atoms with Crippen molar-refractivity contribution >= 4 is 11.8 Å². The average molecular weight is 210 g/mol. The van der Waals surface area contributed by atoms with E-state index in [-0.39, 0.29) is 0 Å². The molecule has 0 aromatic heterocycles. The lowest BCUT2D eigenvalue weighted by Crippen LogP contribution is -2.01. The molecule has 0 bridgehead atoms. The summed E-state index contributed by atoms with van der Waals surface area (Å²) in [6.45, 7) is 4.56. The van der Waals surface area contributed by atoms with Gasteiger partial charge in [0.2, 0.25) is 0 Å². The fourth-order valence-corrected chi connectivity index (χ4v) is 2.31. The van der Waals surface area contributed by atoms with E-state index in [1.165, 1.54) is 37.0 Å². The first-order chi connectivity index (χ1) is 6.84. The van der Waals surface area contributed by atoms with Crippen molar-refractivity contribution in [3.05, 3.63) is 22.7 Å². The zero-order chi connectivity index (χ0) is 10.2. The van der Waals surface area contributed by atoms with Gasteiger partial charge in [0.25, 0.3) is 0 Å². The number of unbranched alkanes of at least 4 members (excludes halogenated alkanes) is 3. The van der Waals surface area contributed by atoms with Gasteiger partial charge in [-0.2, -0.15) is 0 Å². The molecule has 0 aromatic rings. The smallest absolute Gasteiger partial charge is 0.0369 e. The zero-order valence-electron chi connectivity index (χ0n) is 9.20. The van der Waals surface area contributed by atoms with E-state index < -0.39 is 0 Å². The van der Waals surface area contributed by atoms with Crippen molar-refractivity contribution < 1.29 is 0 Å². The van der Waals surface area contributed by atoms with Crippen LogP contribution in [0.1, 0.15) is 46.0 Å². The highest BCUT2D eigenvalue weighted by molar-refractivity contribution is 8.05. The Morgan fingerprint density at radius 3 is 2.86 bits per heavy atom. The fraction of sp³-hybridized carbons (Fsp3) is 0.667. The molecule has 79 valence electrons. The summed E-state index contributed by atoms with van der Waals surface area (Å²) in [5.41, 5.74) is 0. The zero-order valence-corrected chi connectivity index (χ0v) is 10.0. The first kappa shape index (κ1) is 11.7. The summed E-state index contributed by atoms with van der Waals surface area (Å²) >= 11 is 1.82. The highest BCUT2D eigenvalue weighted by atomic mass is 32.2. The molecule has 1 unspecified atom stereocenters.